The first-order valence-electron chi connectivity index (χ1n) is 3.61. The van der Waals surface area contributed by atoms with Crippen molar-refractivity contribution in [3.8, 4) is 0 Å². The molecule has 0 bridgehead atoms. The summed E-state index contributed by atoms with van der Waals surface area (Å²) in [6.07, 6.45) is 1.83. The average molecular weight is 199 g/mol. The maximum Gasteiger partial charge on any atom is 0.332 e. The van der Waals surface area contributed by atoms with Crippen LogP contribution in [0, 0.1) is 6.07 Å². The van der Waals surface area contributed by atoms with Crippen LogP contribution in [0.3, 0.4) is 0 Å². The van der Waals surface area contributed by atoms with Gasteiger partial charge in [-0.2, -0.15) is 8.42 Å². The predicted molar refractivity (Wildman–Crippen MR) is 47.5 cm³/mol. The zero-order chi connectivity index (χ0) is 9.90. The second kappa shape index (κ2) is 3.70. The number of hydrogen-bond donors (Lipinski definition) is 0. The number of benzene rings is 1. The summed E-state index contributed by atoms with van der Waals surface area (Å²) in [5.74, 6) is 0. The number of allylic oxidation sites excluding steroid dienone is 1. The maximum atomic E-state index is 12.6. The van der Waals surface area contributed by atoms with Gasteiger partial charge in [0.1, 0.15) is 4.90 Å². The largest absolute Gasteiger partial charge is 0.332 e. The Morgan fingerprint density at radius 3 is 2.85 bits per heavy atom. The molecule has 1 radical (unpaired) electrons. The summed E-state index contributed by atoms with van der Waals surface area (Å²) in [6, 6.07) is 6.85. The summed E-state index contributed by atoms with van der Waals surface area (Å²) in [4.78, 5) is -0.394. The van der Waals surface area contributed by atoms with Crippen molar-refractivity contribution in [1.82, 2.24) is 0 Å². The van der Waals surface area contributed by atoms with E-state index >= 15 is 0 Å². The molecule has 1 rings (SSSR count). The van der Waals surface area contributed by atoms with E-state index in [2.05, 4.69) is 12.6 Å². The minimum atomic E-state index is -4.66. The molecule has 13 heavy (non-hydrogen) atoms. The molecule has 0 atom stereocenters. The van der Waals surface area contributed by atoms with Crippen LogP contribution in [0.15, 0.2) is 35.7 Å². The van der Waals surface area contributed by atoms with Crippen molar-refractivity contribution in [3.05, 3.63) is 42.5 Å². The summed E-state index contributed by atoms with van der Waals surface area (Å²) >= 11 is 0. The third-order valence-electron chi connectivity index (χ3n) is 1.51. The molecule has 0 amide bonds. The van der Waals surface area contributed by atoms with Gasteiger partial charge < -0.3 is 0 Å². The molecule has 0 aliphatic carbocycles. The third kappa shape index (κ3) is 2.39. The number of rotatable bonds is 3. The van der Waals surface area contributed by atoms with Gasteiger partial charge in [-0.05, 0) is 12.0 Å². The number of halogens is 1. The lowest BCUT2D eigenvalue weighted by molar-refractivity contribution is 0.551. The second-order valence-corrected chi connectivity index (χ2v) is 3.74. The van der Waals surface area contributed by atoms with Gasteiger partial charge in [-0.15, -0.1) is 10.5 Å². The van der Waals surface area contributed by atoms with Gasteiger partial charge in [0.25, 0.3) is 0 Å². The van der Waals surface area contributed by atoms with Crippen LogP contribution in [0.25, 0.3) is 0 Å². The van der Waals surface area contributed by atoms with Gasteiger partial charge in [-0.1, -0.05) is 24.3 Å². The fourth-order valence-electron chi connectivity index (χ4n) is 1.000. The van der Waals surface area contributed by atoms with E-state index in [9.17, 15) is 12.3 Å². The van der Waals surface area contributed by atoms with E-state index in [1.54, 1.807) is 6.07 Å². The van der Waals surface area contributed by atoms with Gasteiger partial charge in [0.2, 0.25) is 0 Å². The SMILES string of the molecule is C=CCc1ccc[c]c1S(=O)(=O)F. The Balaban J connectivity index is 3.28. The van der Waals surface area contributed by atoms with Gasteiger partial charge in [-0.25, -0.2) is 0 Å². The Bertz CT molecular complexity index is 409. The van der Waals surface area contributed by atoms with Gasteiger partial charge >= 0.3 is 10.2 Å². The quantitative estimate of drug-likeness (QED) is 0.550. The predicted octanol–water partition coefficient (Wildman–Crippen LogP) is 1.87. The molecule has 0 heterocycles. The molecular formula is C9H8FO2S. The highest BCUT2D eigenvalue weighted by molar-refractivity contribution is 7.86. The molecule has 0 spiro atoms. The fourth-order valence-corrected chi connectivity index (χ4v) is 1.67. The summed E-state index contributed by atoms with van der Waals surface area (Å²) in [5.41, 5.74) is 0.375. The molecule has 0 saturated heterocycles. The molecule has 1 aromatic rings. The summed E-state index contributed by atoms with van der Waals surface area (Å²) in [5, 5.41) is 0. The third-order valence-corrected chi connectivity index (χ3v) is 2.38. The van der Waals surface area contributed by atoms with E-state index in [1.807, 2.05) is 0 Å². The summed E-state index contributed by atoms with van der Waals surface area (Å²) in [6.45, 7) is 3.45. The molecule has 0 aliphatic rings. The van der Waals surface area contributed by atoms with Crippen molar-refractivity contribution in [2.75, 3.05) is 0 Å². The van der Waals surface area contributed by atoms with Crippen molar-refractivity contribution in [2.45, 2.75) is 11.3 Å². The standard InChI is InChI=1S/C9H8FO2S/c1-2-5-8-6-3-4-7-9(8)13(10,11)12/h2-4,6H,1,5H2. The van der Waals surface area contributed by atoms with E-state index < -0.39 is 15.1 Å². The lowest BCUT2D eigenvalue weighted by Crippen LogP contribution is -1.97. The molecule has 0 unspecified atom stereocenters. The fraction of sp³-hybridized carbons (Fsp3) is 0.111. The zero-order valence-corrected chi connectivity index (χ0v) is 7.64. The average Bonchev–Trinajstić information content (AvgIpc) is 2.04. The van der Waals surface area contributed by atoms with Gasteiger partial charge in [0.05, 0.1) is 0 Å². The number of hydrogen-bond acceptors (Lipinski definition) is 2. The Morgan fingerprint density at radius 1 is 1.62 bits per heavy atom. The van der Waals surface area contributed by atoms with E-state index in [0.29, 0.717) is 12.0 Å². The van der Waals surface area contributed by atoms with Crippen LogP contribution >= 0.6 is 0 Å². The van der Waals surface area contributed by atoms with Crippen LogP contribution in [0.1, 0.15) is 5.56 Å². The highest BCUT2D eigenvalue weighted by Crippen LogP contribution is 2.17. The molecule has 0 aliphatic heterocycles. The monoisotopic (exact) mass is 199 g/mol. The highest BCUT2D eigenvalue weighted by Gasteiger charge is 2.15. The van der Waals surface area contributed by atoms with Gasteiger partial charge in [0.15, 0.2) is 0 Å². The first kappa shape index (κ1) is 9.92. The van der Waals surface area contributed by atoms with Crippen molar-refractivity contribution in [1.29, 1.82) is 0 Å². The van der Waals surface area contributed by atoms with E-state index in [0.717, 1.165) is 0 Å². The van der Waals surface area contributed by atoms with Gasteiger partial charge in [-0.3, -0.25) is 0 Å². The zero-order valence-electron chi connectivity index (χ0n) is 6.83. The first-order valence-corrected chi connectivity index (χ1v) is 4.99. The van der Waals surface area contributed by atoms with Crippen molar-refractivity contribution in [2.24, 2.45) is 0 Å². The lowest BCUT2D eigenvalue weighted by Gasteiger charge is -2.01. The van der Waals surface area contributed by atoms with Crippen LogP contribution in [0.4, 0.5) is 3.89 Å². The molecule has 69 valence electrons. The first-order chi connectivity index (χ1) is 6.05. The molecule has 0 fully saturated rings. The Kier molecular flexibility index (Phi) is 2.83. The minimum Gasteiger partial charge on any atom is -0.189 e. The smallest absolute Gasteiger partial charge is 0.189 e. The van der Waals surface area contributed by atoms with E-state index in [1.165, 1.54) is 18.2 Å². The maximum absolute atomic E-state index is 12.6. The summed E-state index contributed by atoms with van der Waals surface area (Å²) < 4.78 is 33.8. The Labute approximate surface area is 76.9 Å². The molecule has 4 heteroatoms. The Morgan fingerprint density at radius 2 is 2.31 bits per heavy atom. The minimum absolute atomic E-state index is 0.315. The van der Waals surface area contributed by atoms with Crippen LogP contribution in [0.2, 0.25) is 0 Å². The van der Waals surface area contributed by atoms with Crippen molar-refractivity contribution in [3.63, 3.8) is 0 Å². The molecule has 0 aromatic heterocycles. The molecule has 0 saturated carbocycles. The second-order valence-electron chi connectivity index (χ2n) is 2.46. The van der Waals surface area contributed by atoms with Crippen LogP contribution < -0.4 is 0 Å². The highest BCUT2D eigenvalue weighted by atomic mass is 32.3. The molecule has 1 aromatic carbocycles. The van der Waals surface area contributed by atoms with Crippen LogP contribution in [0.5, 0.6) is 0 Å². The molecular weight excluding hydrogens is 191 g/mol. The van der Waals surface area contributed by atoms with Crippen LogP contribution in [-0.2, 0) is 16.6 Å². The Hall–Kier alpha value is -1.16. The molecule has 0 N–H and O–H groups in total. The van der Waals surface area contributed by atoms with Crippen molar-refractivity contribution < 1.29 is 12.3 Å². The topological polar surface area (TPSA) is 34.1 Å². The van der Waals surface area contributed by atoms with Gasteiger partial charge in [0, 0.05) is 6.07 Å². The van der Waals surface area contributed by atoms with E-state index in [-0.39, 0.29) is 0 Å². The summed E-state index contributed by atoms with van der Waals surface area (Å²) in [7, 11) is -4.66. The lowest BCUT2D eigenvalue weighted by atomic mass is 10.1. The van der Waals surface area contributed by atoms with E-state index in [4.69, 9.17) is 0 Å². The van der Waals surface area contributed by atoms with Crippen molar-refractivity contribution >= 4 is 10.2 Å². The molecule has 2 nitrogen and oxygen atoms in total. The van der Waals surface area contributed by atoms with Crippen LogP contribution in [-0.4, -0.2) is 8.42 Å². The normalized spacial score (nSPS) is 11.2.